The smallest absolute Gasteiger partial charge is 0.410 e. The molecule has 2 rings (SSSR count). The fraction of sp³-hybridized carbons (Fsp3) is 0.462. The molecule has 3 atom stereocenters. The lowest BCUT2D eigenvalue weighted by atomic mass is 10.0. The number of ether oxygens (including phenoxy) is 1. The van der Waals surface area contributed by atoms with Crippen LogP contribution in [0.2, 0.25) is 0 Å². The van der Waals surface area contributed by atoms with E-state index in [0.717, 1.165) is 5.56 Å². The number of benzene rings is 1. The van der Waals surface area contributed by atoms with Crippen LogP contribution in [-0.4, -0.2) is 52.5 Å². The molecule has 0 spiro atoms. The fourth-order valence-corrected chi connectivity index (χ4v) is 1.99. The number of piperidine rings is 1. The van der Waals surface area contributed by atoms with E-state index in [1.54, 1.807) is 0 Å². The Hall–Kier alpha value is -1.63. The van der Waals surface area contributed by atoms with E-state index >= 15 is 0 Å². The number of likely N-dealkylation sites (tertiary alicyclic amines) is 1. The van der Waals surface area contributed by atoms with Gasteiger partial charge in [-0.1, -0.05) is 30.3 Å². The topological polar surface area (TPSA) is 96.0 Å². The van der Waals surface area contributed by atoms with E-state index in [1.807, 2.05) is 30.3 Å². The van der Waals surface area contributed by atoms with E-state index in [1.165, 1.54) is 4.90 Å². The standard InChI is InChI=1S/C13H18N2O4/c14-12-10(16)6-15(7-11(12)17)13(18)19-8-9-4-2-1-3-5-9/h1-5,10-12,16-17H,6-8,14H2/t10-,11+,12-. The second-order valence-corrected chi connectivity index (χ2v) is 4.66. The number of aliphatic hydroxyl groups is 2. The Morgan fingerprint density at radius 1 is 1.26 bits per heavy atom. The molecule has 1 aromatic carbocycles. The van der Waals surface area contributed by atoms with Crippen LogP contribution < -0.4 is 5.73 Å². The molecule has 0 saturated carbocycles. The third-order valence-electron chi connectivity index (χ3n) is 3.17. The first-order valence-corrected chi connectivity index (χ1v) is 6.15. The Bertz CT molecular complexity index is 414. The van der Waals surface area contributed by atoms with E-state index in [4.69, 9.17) is 10.5 Å². The Morgan fingerprint density at radius 3 is 2.42 bits per heavy atom. The molecule has 0 aliphatic carbocycles. The van der Waals surface area contributed by atoms with Crippen molar-refractivity contribution in [3.05, 3.63) is 35.9 Å². The Balaban J connectivity index is 1.87. The molecule has 1 amide bonds. The number of β-amino-alcohol motifs (C(OH)–C–C–N with tert-alkyl or cyclic N) is 2. The summed E-state index contributed by atoms with van der Waals surface area (Å²) in [5.41, 5.74) is 6.45. The van der Waals surface area contributed by atoms with Gasteiger partial charge in [-0.15, -0.1) is 0 Å². The summed E-state index contributed by atoms with van der Waals surface area (Å²) >= 11 is 0. The first-order chi connectivity index (χ1) is 9.08. The second kappa shape index (κ2) is 6.01. The highest BCUT2D eigenvalue weighted by molar-refractivity contribution is 5.68. The Kier molecular flexibility index (Phi) is 4.36. The van der Waals surface area contributed by atoms with Gasteiger partial charge < -0.3 is 25.6 Å². The van der Waals surface area contributed by atoms with Gasteiger partial charge in [-0.25, -0.2) is 4.79 Å². The summed E-state index contributed by atoms with van der Waals surface area (Å²) in [7, 11) is 0. The molecule has 104 valence electrons. The molecular formula is C13H18N2O4. The van der Waals surface area contributed by atoms with Gasteiger partial charge in [-0.3, -0.25) is 0 Å². The Morgan fingerprint density at radius 2 is 1.84 bits per heavy atom. The lowest BCUT2D eigenvalue weighted by Gasteiger charge is -2.36. The van der Waals surface area contributed by atoms with E-state index in [9.17, 15) is 15.0 Å². The predicted octanol–water partition coefficient (Wildman–Crippen LogP) is -0.312. The average molecular weight is 266 g/mol. The minimum absolute atomic E-state index is 0.0752. The molecule has 0 aromatic heterocycles. The van der Waals surface area contributed by atoms with Crippen LogP contribution in [0.4, 0.5) is 4.79 Å². The normalized spacial score (nSPS) is 27.1. The minimum atomic E-state index is -0.937. The van der Waals surface area contributed by atoms with Gasteiger partial charge in [0.25, 0.3) is 0 Å². The maximum Gasteiger partial charge on any atom is 0.410 e. The maximum atomic E-state index is 11.8. The molecule has 1 heterocycles. The lowest BCUT2D eigenvalue weighted by molar-refractivity contribution is -0.0264. The van der Waals surface area contributed by atoms with Crippen molar-refractivity contribution < 1.29 is 19.7 Å². The van der Waals surface area contributed by atoms with Gasteiger partial charge in [0.2, 0.25) is 0 Å². The molecule has 4 N–H and O–H groups in total. The zero-order chi connectivity index (χ0) is 13.8. The highest BCUT2D eigenvalue weighted by atomic mass is 16.6. The highest BCUT2D eigenvalue weighted by Gasteiger charge is 2.35. The number of nitrogens with zero attached hydrogens (tertiary/aromatic N) is 1. The zero-order valence-corrected chi connectivity index (χ0v) is 10.5. The number of amides is 1. The summed E-state index contributed by atoms with van der Waals surface area (Å²) in [4.78, 5) is 13.1. The molecule has 0 unspecified atom stereocenters. The van der Waals surface area contributed by atoms with Crippen molar-refractivity contribution in [2.45, 2.75) is 24.9 Å². The molecule has 1 aromatic rings. The molecule has 1 aliphatic heterocycles. The van der Waals surface area contributed by atoms with Gasteiger partial charge in [0, 0.05) is 0 Å². The summed E-state index contributed by atoms with van der Waals surface area (Å²) in [6.07, 6.45) is -2.44. The van der Waals surface area contributed by atoms with Gasteiger partial charge >= 0.3 is 6.09 Å². The van der Waals surface area contributed by atoms with Crippen molar-refractivity contribution >= 4 is 6.09 Å². The fourth-order valence-electron chi connectivity index (χ4n) is 1.99. The molecular weight excluding hydrogens is 248 g/mol. The first kappa shape index (κ1) is 13.8. The van der Waals surface area contributed by atoms with Crippen molar-refractivity contribution in [1.82, 2.24) is 4.90 Å². The van der Waals surface area contributed by atoms with Crippen molar-refractivity contribution in [2.24, 2.45) is 5.73 Å². The van der Waals surface area contributed by atoms with Crippen LogP contribution >= 0.6 is 0 Å². The Labute approximate surface area is 111 Å². The lowest BCUT2D eigenvalue weighted by Crippen LogP contribution is -2.60. The summed E-state index contributed by atoms with van der Waals surface area (Å²) in [5, 5.41) is 19.2. The molecule has 0 bridgehead atoms. The maximum absolute atomic E-state index is 11.8. The molecule has 1 aliphatic rings. The third-order valence-corrected chi connectivity index (χ3v) is 3.17. The van der Waals surface area contributed by atoms with Crippen LogP contribution in [0.15, 0.2) is 30.3 Å². The quantitative estimate of drug-likeness (QED) is 0.682. The first-order valence-electron chi connectivity index (χ1n) is 6.15. The van der Waals surface area contributed by atoms with E-state index < -0.39 is 24.3 Å². The van der Waals surface area contributed by atoms with E-state index in [2.05, 4.69) is 0 Å². The number of carbonyl (C=O) groups is 1. The number of hydrogen-bond donors (Lipinski definition) is 3. The number of rotatable bonds is 2. The average Bonchev–Trinajstić information content (AvgIpc) is 2.42. The predicted molar refractivity (Wildman–Crippen MR) is 68.2 cm³/mol. The zero-order valence-electron chi connectivity index (χ0n) is 10.5. The minimum Gasteiger partial charge on any atom is -0.445 e. The number of carbonyl (C=O) groups excluding carboxylic acids is 1. The summed E-state index contributed by atoms with van der Waals surface area (Å²) in [5.74, 6) is 0. The molecule has 1 fully saturated rings. The van der Waals surface area contributed by atoms with Gasteiger partial charge in [-0.05, 0) is 5.56 Å². The summed E-state index contributed by atoms with van der Waals surface area (Å²) in [6, 6.07) is 8.57. The number of aliphatic hydroxyl groups excluding tert-OH is 2. The van der Waals surface area contributed by atoms with Gasteiger partial charge in [0.1, 0.15) is 6.61 Å². The molecule has 1 saturated heterocycles. The summed E-state index contributed by atoms with van der Waals surface area (Å²) in [6.45, 7) is 0.312. The van der Waals surface area contributed by atoms with Crippen LogP contribution in [0, 0.1) is 0 Å². The van der Waals surface area contributed by atoms with Crippen molar-refractivity contribution in [3.8, 4) is 0 Å². The molecule has 6 nitrogen and oxygen atoms in total. The SMILES string of the molecule is N[C@@H]1[C@H](O)CN(C(=O)OCc2ccccc2)C[C@@H]1O. The van der Waals surface area contributed by atoms with Crippen LogP contribution in [-0.2, 0) is 11.3 Å². The van der Waals surface area contributed by atoms with Crippen LogP contribution in [0.25, 0.3) is 0 Å². The van der Waals surface area contributed by atoms with Gasteiger partial charge in [0.15, 0.2) is 0 Å². The summed E-state index contributed by atoms with van der Waals surface area (Å²) < 4.78 is 5.12. The van der Waals surface area contributed by atoms with Crippen molar-refractivity contribution in [2.75, 3.05) is 13.1 Å². The van der Waals surface area contributed by atoms with Crippen LogP contribution in [0.5, 0.6) is 0 Å². The number of hydrogen-bond acceptors (Lipinski definition) is 5. The molecule has 0 radical (unpaired) electrons. The molecule has 6 heteroatoms. The molecule has 19 heavy (non-hydrogen) atoms. The monoisotopic (exact) mass is 266 g/mol. The third kappa shape index (κ3) is 3.44. The van der Waals surface area contributed by atoms with Crippen LogP contribution in [0.1, 0.15) is 5.56 Å². The van der Waals surface area contributed by atoms with E-state index in [0.29, 0.717) is 0 Å². The van der Waals surface area contributed by atoms with Crippen LogP contribution in [0.3, 0.4) is 0 Å². The van der Waals surface area contributed by atoms with E-state index in [-0.39, 0.29) is 19.7 Å². The largest absolute Gasteiger partial charge is 0.445 e. The highest BCUT2D eigenvalue weighted by Crippen LogP contribution is 2.12. The van der Waals surface area contributed by atoms with Gasteiger partial charge in [0.05, 0.1) is 31.3 Å². The van der Waals surface area contributed by atoms with Gasteiger partial charge in [-0.2, -0.15) is 0 Å². The van der Waals surface area contributed by atoms with Crippen molar-refractivity contribution in [3.63, 3.8) is 0 Å². The second-order valence-electron chi connectivity index (χ2n) is 4.66. The van der Waals surface area contributed by atoms with Crippen molar-refractivity contribution in [1.29, 1.82) is 0 Å². The number of nitrogens with two attached hydrogens (primary N) is 1.